The summed E-state index contributed by atoms with van der Waals surface area (Å²) < 4.78 is 18.9. The number of nitrogens with zero attached hydrogens (tertiary/aromatic N) is 2. The monoisotopic (exact) mass is 521 g/mol. The van der Waals surface area contributed by atoms with Gasteiger partial charge in [-0.2, -0.15) is 5.10 Å². The third kappa shape index (κ3) is 6.79. The van der Waals surface area contributed by atoms with Gasteiger partial charge in [0.1, 0.15) is 17.5 Å². The van der Waals surface area contributed by atoms with Crippen LogP contribution in [0, 0.1) is 11.8 Å². The summed E-state index contributed by atoms with van der Waals surface area (Å²) >= 11 is 0. The molecule has 1 aliphatic carbocycles. The topological polar surface area (TPSA) is 126 Å². The summed E-state index contributed by atoms with van der Waals surface area (Å²) in [7, 11) is 1.62. The number of aliphatic hydroxyl groups excluding tert-OH is 1. The summed E-state index contributed by atoms with van der Waals surface area (Å²) in [4.78, 5) is 22.6. The summed E-state index contributed by atoms with van der Waals surface area (Å²) in [6.45, 7) is 0.526. The van der Waals surface area contributed by atoms with Gasteiger partial charge in [0.05, 0.1) is 25.9 Å². The van der Waals surface area contributed by atoms with E-state index in [0.29, 0.717) is 42.9 Å². The van der Waals surface area contributed by atoms with E-state index < -0.39 is 12.0 Å². The summed E-state index contributed by atoms with van der Waals surface area (Å²) in [6.07, 6.45) is 3.71. The maximum Gasteiger partial charge on any atom is 0.255 e. The van der Waals surface area contributed by atoms with Crippen LogP contribution in [0.2, 0.25) is 0 Å². The highest BCUT2D eigenvalue weighted by molar-refractivity contribution is 5.85. The van der Waals surface area contributed by atoms with E-state index in [0.717, 1.165) is 48.1 Å². The van der Waals surface area contributed by atoms with Crippen LogP contribution in [0.25, 0.3) is 22.4 Å². The van der Waals surface area contributed by atoms with Crippen molar-refractivity contribution in [1.29, 1.82) is 0 Å². The number of nitrogens with two attached hydrogens (primary N) is 1. The Bertz CT molecular complexity index is 1200. The number of aldehydes is 1. The SMILES string of the molecule is COc1cccc(-c2c(-c3ccccc3)nn(C[C@H]3CC[C@@H](COC(C=O)CO)CC3)c2OCC(N)=O)c1. The van der Waals surface area contributed by atoms with Gasteiger partial charge in [-0.05, 0) is 55.2 Å². The van der Waals surface area contributed by atoms with Crippen molar-refractivity contribution in [2.45, 2.75) is 38.3 Å². The molecule has 1 fully saturated rings. The zero-order chi connectivity index (χ0) is 26.9. The molecule has 0 aliphatic heterocycles. The first kappa shape index (κ1) is 27.3. The minimum Gasteiger partial charge on any atom is -0.497 e. The fraction of sp³-hybridized carbons (Fsp3) is 0.414. The number of ether oxygens (including phenoxy) is 3. The molecule has 1 saturated carbocycles. The van der Waals surface area contributed by atoms with Gasteiger partial charge >= 0.3 is 0 Å². The van der Waals surface area contributed by atoms with Crippen molar-refractivity contribution in [3.8, 4) is 34.0 Å². The standard InChI is InChI=1S/C29H35N3O6/c1-36-24-9-5-8-23(14-24)27-28(22-6-3-2-4-7-22)31-32(29(27)38-19-26(30)35)15-20-10-12-21(13-11-20)18-37-25(16-33)17-34/h2-9,14,16,20-21,25,34H,10-13,15,17-19H2,1H3,(H2,30,35)/t20-,21+,25?. The van der Waals surface area contributed by atoms with Crippen molar-refractivity contribution in [2.75, 3.05) is 26.9 Å². The van der Waals surface area contributed by atoms with Crippen LogP contribution < -0.4 is 15.2 Å². The fourth-order valence-corrected chi connectivity index (χ4v) is 4.91. The van der Waals surface area contributed by atoms with Gasteiger partial charge in [0.15, 0.2) is 12.9 Å². The van der Waals surface area contributed by atoms with Gasteiger partial charge in [-0.15, -0.1) is 0 Å². The average Bonchev–Trinajstić information content (AvgIpc) is 3.31. The second-order valence-corrected chi connectivity index (χ2v) is 9.64. The highest BCUT2D eigenvalue weighted by Crippen LogP contribution is 2.41. The number of hydrogen-bond acceptors (Lipinski definition) is 7. The van der Waals surface area contributed by atoms with E-state index >= 15 is 0 Å². The minimum absolute atomic E-state index is 0.260. The molecule has 1 heterocycles. The van der Waals surface area contributed by atoms with Gasteiger partial charge in [0.25, 0.3) is 5.91 Å². The van der Waals surface area contributed by atoms with Crippen molar-refractivity contribution >= 4 is 12.2 Å². The molecule has 0 radical (unpaired) electrons. The molecule has 3 N–H and O–H groups in total. The Morgan fingerprint density at radius 3 is 2.47 bits per heavy atom. The van der Waals surface area contributed by atoms with Gasteiger partial charge in [-0.3, -0.25) is 4.79 Å². The molecule has 3 aromatic rings. The van der Waals surface area contributed by atoms with E-state index in [1.165, 1.54) is 0 Å². The molecule has 0 saturated heterocycles. The van der Waals surface area contributed by atoms with Crippen LogP contribution in [0.1, 0.15) is 25.7 Å². The molecule has 202 valence electrons. The predicted molar refractivity (Wildman–Crippen MR) is 143 cm³/mol. The molecule has 0 bridgehead atoms. The summed E-state index contributed by atoms with van der Waals surface area (Å²) in [5.74, 6) is 1.33. The van der Waals surface area contributed by atoms with Crippen molar-refractivity contribution in [1.82, 2.24) is 9.78 Å². The largest absolute Gasteiger partial charge is 0.497 e. The number of primary amides is 1. The van der Waals surface area contributed by atoms with E-state index in [4.69, 9.17) is 25.0 Å². The first-order valence-corrected chi connectivity index (χ1v) is 12.9. The third-order valence-corrected chi connectivity index (χ3v) is 6.94. The number of aliphatic hydroxyl groups is 1. The molecule has 1 amide bonds. The predicted octanol–water partition coefficient (Wildman–Crippen LogP) is 3.47. The molecular formula is C29H35N3O6. The fourth-order valence-electron chi connectivity index (χ4n) is 4.91. The van der Waals surface area contributed by atoms with Crippen LogP contribution in [-0.4, -0.2) is 60.1 Å². The Kier molecular flexibility index (Phi) is 9.51. The number of aromatic nitrogens is 2. The summed E-state index contributed by atoms with van der Waals surface area (Å²) in [5, 5.41) is 14.2. The lowest BCUT2D eigenvalue weighted by Gasteiger charge is -2.29. The number of benzene rings is 2. The number of carbonyl (C=O) groups is 2. The summed E-state index contributed by atoms with van der Waals surface area (Å²) in [5.41, 5.74) is 8.78. The molecule has 9 heteroatoms. The number of amides is 1. The van der Waals surface area contributed by atoms with Crippen LogP contribution >= 0.6 is 0 Å². The molecule has 1 unspecified atom stereocenters. The Balaban J connectivity index is 1.62. The molecule has 1 aliphatic rings. The molecule has 9 nitrogen and oxygen atoms in total. The lowest BCUT2D eigenvalue weighted by atomic mass is 9.82. The lowest BCUT2D eigenvalue weighted by Crippen LogP contribution is -2.27. The zero-order valence-electron chi connectivity index (χ0n) is 21.6. The number of methoxy groups -OCH3 is 1. The Morgan fingerprint density at radius 2 is 1.82 bits per heavy atom. The Labute approximate surface area is 222 Å². The molecule has 4 rings (SSSR count). The van der Waals surface area contributed by atoms with Gasteiger partial charge in [0.2, 0.25) is 5.88 Å². The molecule has 0 spiro atoms. The number of rotatable bonds is 13. The Morgan fingerprint density at radius 1 is 1.11 bits per heavy atom. The van der Waals surface area contributed by atoms with Gasteiger partial charge in [0, 0.05) is 12.1 Å². The van der Waals surface area contributed by atoms with Crippen molar-refractivity contribution in [3.63, 3.8) is 0 Å². The van der Waals surface area contributed by atoms with E-state index in [1.807, 2.05) is 59.3 Å². The second-order valence-electron chi connectivity index (χ2n) is 9.64. The first-order valence-electron chi connectivity index (χ1n) is 12.9. The van der Waals surface area contributed by atoms with E-state index in [-0.39, 0.29) is 13.2 Å². The van der Waals surface area contributed by atoms with Crippen LogP contribution in [-0.2, 0) is 20.9 Å². The van der Waals surface area contributed by atoms with E-state index in [2.05, 4.69) is 0 Å². The maximum absolute atomic E-state index is 11.7. The van der Waals surface area contributed by atoms with E-state index in [1.54, 1.807) is 7.11 Å². The van der Waals surface area contributed by atoms with Crippen LogP contribution in [0.4, 0.5) is 0 Å². The molecule has 1 atom stereocenters. The quantitative estimate of drug-likeness (QED) is 0.330. The first-order chi connectivity index (χ1) is 18.5. The highest BCUT2D eigenvalue weighted by Gasteiger charge is 2.27. The smallest absolute Gasteiger partial charge is 0.255 e. The molecular weight excluding hydrogens is 486 g/mol. The highest BCUT2D eigenvalue weighted by atomic mass is 16.5. The number of carbonyl (C=O) groups excluding carboxylic acids is 2. The second kappa shape index (κ2) is 13.2. The average molecular weight is 522 g/mol. The normalized spacial score (nSPS) is 18.1. The summed E-state index contributed by atoms with van der Waals surface area (Å²) in [6, 6.07) is 17.6. The van der Waals surface area contributed by atoms with Crippen molar-refractivity contribution in [3.05, 3.63) is 54.6 Å². The Hall–Kier alpha value is -3.69. The van der Waals surface area contributed by atoms with Crippen LogP contribution in [0.15, 0.2) is 54.6 Å². The minimum atomic E-state index is -0.756. The van der Waals surface area contributed by atoms with Gasteiger partial charge < -0.3 is 29.8 Å². The number of hydrogen-bond donors (Lipinski definition) is 2. The van der Waals surface area contributed by atoms with Gasteiger partial charge in [-0.25, -0.2) is 4.68 Å². The van der Waals surface area contributed by atoms with Gasteiger partial charge in [-0.1, -0.05) is 42.5 Å². The van der Waals surface area contributed by atoms with Crippen molar-refractivity contribution < 1.29 is 28.9 Å². The van der Waals surface area contributed by atoms with E-state index in [9.17, 15) is 14.7 Å². The molecule has 2 aromatic carbocycles. The molecule has 1 aromatic heterocycles. The molecule has 38 heavy (non-hydrogen) atoms. The van der Waals surface area contributed by atoms with Crippen molar-refractivity contribution in [2.24, 2.45) is 17.6 Å². The third-order valence-electron chi connectivity index (χ3n) is 6.94. The lowest BCUT2D eigenvalue weighted by molar-refractivity contribution is -0.122. The van der Waals surface area contributed by atoms with Crippen LogP contribution in [0.5, 0.6) is 11.6 Å². The van der Waals surface area contributed by atoms with Crippen LogP contribution in [0.3, 0.4) is 0 Å². The maximum atomic E-state index is 11.7. The zero-order valence-corrected chi connectivity index (χ0v) is 21.6.